The molecule has 0 aliphatic heterocycles. The fourth-order valence-corrected chi connectivity index (χ4v) is 5.75. The number of ether oxygens (including phenoxy) is 1. The monoisotopic (exact) mass is 336 g/mol. The first-order valence-electron chi connectivity index (χ1n) is 9.89. The molecule has 0 spiro atoms. The van der Waals surface area contributed by atoms with Crippen molar-refractivity contribution < 1.29 is 9.53 Å². The van der Waals surface area contributed by atoms with E-state index in [4.69, 9.17) is 4.74 Å². The molecule has 4 heteroatoms. The predicted octanol–water partition coefficient (Wildman–Crippen LogP) is 4.05. The molecule has 4 aliphatic carbocycles. The van der Waals surface area contributed by atoms with Crippen LogP contribution in [0.4, 0.5) is 4.79 Å². The van der Waals surface area contributed by atoms with Crippen LogP contribution >= 0.6 is 0 Å². The molecule has 138 valence electrons. The maximum absolute atomic E-state index is 11.9. The zero-order valence-corrected chi connectivity index (χ0v) is 16.1. The van der Waals surface area contributed by atoms with Crippen molar-refractivity contribution in [3.63, 3.8) is 0 Å². The van der Waals surface area contributed by atoms with Crippen molar-refractivity contribution >= 4 is 6.09 Å². The van der Waals surface area contributed by atoms with E-state index < -0.39 is 5.60 Å². The number of rotatable bonds is 6. The molecule has 4 bridgehead atoms. The summed E-state index contributed by atoms with van der Waals surface area (Å²) in [5, 5.41) is 3.56. The van der Waals surface area contributed by atoms with Gasteiger partial charge in [0.25, 0.3) is 0 Å². The molecule has 4 saturated carbocycles. The SMILES string of the molecule is CN(CCNCCC12CC3CC(CC(C3)C1)C2)C(=O)OC(C)(C)C. The van der Waals surface area contributed by atoms with Gasteiger partial charge in [-0.25, -0.2) is 4.79 Å². The van der Waals surface area contributed by atoms with E-state index in [0.717, 1.165) is 30.8 Å². The van der Waals surface area contributed by atoms with Crippen LogP contribution in [-0.4, -0.2) is 43.3 Å². The molecule has 0 heterocycles. The molecule has 0 aromatic rings. The molecule has 4 fully saturated rings. The maximum Gasteiger partial charge on any atom is 0.410 e. The Morgan fingerprint density at radius 1 is 1.08 bits per heavy atom. The van der Waals surface area contributed by atoms with E-state index in [1.165, 1.54) is 44.9 Å². The fraction of sp³-hybridized carbons (Fsp3) is 0.950. The highest BCUT2D eigenvalue weighted by atomic mass is 16.6. The molecule has 4 nitrogen and oxygen atoms in total. The second-order valence-electron chi connectivity index (χ2n) is 9.82. The van der Waals surface area contributed by atoms with Crippen LogP contribution in [-0.2, 0) is 4.74 Å². The van der Waals surface area contributed by atoms with Gasteiger partial charge in [0.2, 0.25) is 0 Å². The summed E-state index contributed by atoms with van der Waals surface area (Å²) in [5.74, 6) is 3.11. The summed E-state index contributed by atoms with van der Waals surface area (Å²) in [6.45, 7) is 8.36. The van der Waals surface area contributed by atoms with Gasteiger partial charge in [0.15, 0.2) is 0 Å². The van der Waals surface area contributed by atoms with Crippen molar-refractivity contribution in [3.8, 4) is 0 Å². The first-order chi connectivity index (χ1) is 11.2. The minimum atomic E-state index is -0.419. The predicted molar refractivity (Wildman–Crippen MR) is 97.0 cm³/mol. The van der Waals surface area contributed by atoms with Gasteiger partial charge in [0.05, 0.1) is 0 Å². The van der Waals surface area contributed by atoms with Gasteiger partial charge in [-0.3, -0.25) is 0 Å². The molecule has 1 amide bonds. The van der Waals surface area contributed by atoms with E-state index in [1.807, 2.05) is 27.8 Å². The Morgan fingerprint density at radius 2 is 1.62 bits per heavy atom. The molecule has 0 atom stereocenters. The number of carbonyl (C=O) groups excluding carboxylic acids is 1. The summed E-state index contributed by atoms with van der Waals surface area (Å²) in [4.78, 5) is 13.6. The molecule has 0 aromatic carbocycles. The van der Waals surface area contributed by atoms with Crippen molar-refractivity contribution in [2.45, 2.75) is 71.3 Å². The standard InChI is InChI=1S/C20H36N2O2/c1-19(2,3)24-18(23)22(4)8-7-21-6-5-20-12-15-9-16(13-20)11-17(10-15)14-20/h15-17,21H,5-14H2,1-4H3. The molecular weight excluding hydrogens is 300 g/mol. The molecule has 4 aliphatic rings. The van der Waals surface area contributed by atoms with Crippen molar-refractivity contribution in [3.05, 3.63) is 0 Å². The Labute approximate surface area is 147 Å². The van der Waals surface area contributed by atoms with Crippen LogP contribution in [0, 0.1) is 23.2 Å². The van der Waals surface area contributed by atoms with E-state index in [-0.39, 0.29) is 6.09 Å². The average Bonchev–Trinajstić information content (AvgIpc) is 2.43. The summed E-state index contributed by atoms with van der Waals surface area (Å²) in [6.07, 6.45) is 10.1. The van der Waals surface area contributed by atoms with Gasteiger partial charge < -0.3 is 15.0 Å². The quantitative estimate of drug-likeness (QED) is 0.744. The van der Waals surface area contributed by atoms with Gasteiger partial charge in [-0.15, -0.1) is 0 Å². The molecule has 0 aromatic heterocycles. The third-order valence-electron chi connectivity index (χ3n) is 6.33. The van der Waals surface area contributed by atoms with E-state index in [0.29, 0.717) is 12.0 Å². The highest BCUT2D eigenvalue weighted by Crippen LogP contribution is 2.61. The lowest BCUT2D eigenvalue weighted by molar-refractivity contribution is -0.0567. The molecule has 0 unspecified atom stereocenters. The van der Waals surface area contributed by atoms with Crippen molar-refractivity contribution in [2.24, 2.45) is 23.2 Å². The van der Waals surface area contributed by atoms with Gasteiger partial charge in [0.1, 0.15) is 5.60 Å². The summed E-state index contributed by atoms with van der Waals surface area (Å²) in [6, 6.07) is 0. The Bertz CT molecular complexity index is 420. The molecule has 0 radical (unpaired) electrons. The lowest BCUT2D eigenvalue weighted by Crippen LogP contribution is -2.47. The smallest absolute Gasteiger partial charge is 0.410 e. The molecule has 1 N–H and O–H groups in total. The van der Waals surface area contributed by atoms with Gasteiger partial charge in [0, 0.05) is 20.1 Å². The number of hydrogen-bond acceptors (Lipinski definition) is 3. The summed E-state index contributed by atoms with van der Waals surface area (Å²) in [5.41, 5.74) is 0.232. The maximum atomic E-state index is 11.9. The molecule has 24 heavy (non-hydrogen) atoms. The Balaban J connectivity index is 1.34. The minimum Gasteiger partial charge on any atom is -0.444 e. The number of carbonyl (C=O) groups is 1. The number of amides is 1. The van der Waals surface area contributed by atoms with E-state index in [2.05, 4.69) is 5.32 Å². The highest BCUT2D eigenvalue weighted by molar-refractivity contribution is 5.67. The van der Waals surface area contributed by atoms with Gasteiger partial charge in [-0.05, 0) is 95.4 Å². The van der Waals surface area contributed by atoms with Crippen molar-refractivity contribution in [1.29, 1.82) is 0 Å². The Hall–Kier alpha value is -0.770. The summed E-state index contributed by atoms with van der Waals surface area (Å²) < 4.78 is 5.38. The second kappa shape index (κ2) is 6.86. The highest BCUT2D eigenvalue weighted by Gasteiger charge is 2.50. The number of likely N-dealkylation sites (N-methyl/N-ethyl adjacent to an activating group) is 1. The molecule has 4 rings (SSSR count). The van der Waals surface area contributed by atoms with E-state index >= 15 is 0 Å². The summed E-state index contributed by atoms with van der Waals surface area (Å²) in [7, 11) is 1.81. The van der Waals surface area contributed by atoms with Crippen LogP contribution in [0.1, 0.15) is 65.7 Å². The van der Waals surface area contributed by atoms with Crippen LogP contribution in [0.2, 0.25) is 0 Å². The van der Waals surface area contributed by atoms with Crippen molar-refractivity contribution in [2.75, 3.05) is 26.7 Å². The van der Waals surface area contributed by atoms with Gasteiger partial charge >= 0.3 is 6.09 Å². The fourth-order valence-electron chi connectivity index (χ4n) is 5.75. The topological polar surface area (TPSA) is 41.6 Å². The third-order valence-corrected chi connectivity index (χ3v) is 6.33. The number of hydrogen-bond donors (Lipinski definition) is 1. The number of nitrogens with zero attached hydrogens (tertiary/aromatic N) is 1. The molecule has 0 saturated heterocycles. The summed E-state index contributed by atoms with van der Waals surface area (Å²) >= 11 is 0. The first kappa shape index (κ1) is 18.0. The van der Waals surface area contributed by atoms with Crippen LogP contribution in [0.25, 0.3) is 0 Å². The lowest BCUT2D eigenvalue weighted by Gasteiger charge is -2.57. The minimum absolute atomic E-state index is 0.231. The van der Waals surface area contributed by atoms with Crippen LogP contribution in [0.15, 0.2) is 0 Å². The normalized spacial score (nSPS) is 34.4. The van der Waals surface area contributed by atoms with Crippen LogP contribution in [0.5, 0.6) is 0 Å². The van der Waals surface area contributed by atoms with Crippen LogP contribution in [0.3, 0.4) is 0 Å². The van der Waals surface area contributed by atoms with Crippen LogP contribution < -0.4 is 5.32 Å². The largest absolute Gasteiger partial charge is 0.444 e. The Morgan fingerprint density at radius 3 is 2.12 bits per heavy atom. The zero-order chi connectivity index (χ0) is 17.4. The zero-order valence-electron chi connectivity index (χ0n) is 16.1. The first-order valence-corrected chi connectivity index (χ1v) is 9.89. The third kappa shape index (κ3) is 4.44. The lowest BCUT2D eigenvalue weighted by atomic mass is 9.49. The Kier molecular flexibility index (Phi) is 5.15. The molecular formula is C20H36N2O2. The van der Waals surface area contributed by atoms with Crippen molar-refractivity contribution in [1.82, 2.24) is 10.2 Å². The van der Waals surface area contributed by atoms with Gasteiger partial charge in [-0.1, -0.05) is 0 Å². The van der Waals surface area contributed by atoms with Gasteiger partial charge in [-0.2, -0.15) is 0 Å². The number of nitrogens with one attached hydrogen (secondary N) is 1. The average molecular weight is 337 g/mol. The van der Waals surface area contributed by atoms with E-state index in [1.54, 1.807) is 4.90 Å². The second-order valence-corrected chi connectivity index (χ2v) is 9.82. The van der Waals surface area contributed by atoms with E-state index in [9.17, 15) is 4.79 Å².